The zero-order valence-corrected chi connectivity index (χ0v) is 9.13. The van der Waals surface area contributed by atoms with E-state index < -0.39 is 0 Å². The Bertz CT molecular complexity index is 478. The fraction of sp³-hybridized carbons (Fsp3) is 0.444. The molecule has 0 atom stereocenters. The van der Waals surface area contributed by atoms with Crippen LogP contribution in [0.15, 0.2) is 5.51 Å². The first kappa shape index (κ1) is 9.33. The molecule has 0 unspecified atom stereocenters. The van der Waals surface area contributed by atoms with Crippen LogP contribution in [0.25, 0.3) is 4.96 Å². The van der Waals surface area contributed by atoms with Crippen LogP contribution in [0.4, 0.5) is 0 Å². The minimum Gasteiger partial charge on any atom is -0.296 e. The molecule has 0 aromatic carbocycles. The normalized spacial score (nSPS) is 12.2. The van der Waals surface area contributed by atoms with E-state index in [-0.39, 0.29) is 5.41 Å². The quantitative estimate of drug-likeness (QED) is 0.674. The molecule has 0 radical (unpaired) electrons. The number of aldehydes is 1. The van der Waals surface area contributed by atoms with Crippen molar-refractivity contribution in [1.29, 1.82) is 0 Å². The summed E-state index contributed by atoms with van der Waals surface area (Å²) in [5.41, 5.74) is 2.94. The summed E-state index contributed by atoms with van der Waals surface area (Å²) >= 11 is 1.44. The standard InChI is InChI=1S/C9H11N3OS/c1-9(2,3)7-6(4-13)12-8(11-7)14-5-10-12/h4-5H,1-3H3. The molecular weight excluding hydrogens is 198 g/mol. The number of hydrogen-bond acceptors (Lipinski definition) is 4. The van der Waals surface area contributed by atoms with Gasteiger partial charge in [-0.15, -0.1) is 0 Å². The van der Waals surface area contributed by atoms with Crippen molar-refractivity contribution in [3.8, 4) is 0 Å². The fourth-order valence-corrected chi connectivity index (χ4v) is 1.99. The van der Waals surface area contributed by atoms with Gasteiger partial charge in [0.05, 0.1) is 5.69 Å². The lowest BCUT2D eigenvalue weighted by atomic mass is 9.91. The Labute approximate surface area is 85.6 Å². The number of rotatable bonds is 1. The molecule has 14 heavy (non-hydrogen) atoms. The predicted molar refractivity (Wildman–Crippen MR) is 55.0 cm³/mol. The third-order valence-corrected chi connectivity index (χ3v) is 2.68. The van der Waals surface area contributed by atoms with Crippen LogP contribution in [-0.4, -0.2) is 20.9 Å². The van der Waals surface area contributed by atoms with Gasteiger partial charge in [0.2, 0.25) is 4.96 Å². The van der Waals surface area contributed by atoms with Crippen LogP contribution in [-0.2, 0) is 5.41 Å². The van der Waals surface area contributed by atoms with E-state index in [4.69, 9.17) is 0 Å². The van der Waals surface area contributed by atoms with Crippen LogP contribution in [0.3, 0.4) is 0 Å². The number of hydrogen-bond donors (Lipinski definition) is 0. The number of carbonyl (C=O) groups is 1. The molecule has 0 saturated heterocycles. The molecule has 0 aliphatic rings. The summed E-state index contributed by atoms with van der Waals surface area (Å²) in [6.45, 7) is 6.10. The Morgan fingerprint density at radius 3 is 2.79 bits per heavy atom. The summed E-state index contributed by atoms with van der Waals surface area (Å²) < 4.78 is 1.60. The molecule has 2 aromatic heterocycles. The largest absolute Gasteiger partial charge is 0.296 e. The molecule has 2 rings (SSSR count). The molecular formula is C9H11N3OS. The van der Waals surface area contributed by atoms with Crippen LogP contribution in [0.5, 0.6) is 0 Å². The molecule has 2 aromatic rings. The van der Waals surface area contributed by atoms with Crippen molar-refractivity contribution in [2.75, 3.05) is 0 Å². The van der Waals surface area contributed by atoms with Crippen LogP contribution >= 0.6 is 11.3 Å². The van der Waals surface area contributed by atoms with Crippen LogP contribution < -0.4 is 0 Å². The zero-order valence-electron chi connectivity index (χ0n) is 8.31. The van der Waals surface area contributed by atoms with E-state index in [0.29, 0.717) is 5.69 Å². The second-order valence-corrected chi connectivity index (χ2v) is 4.96. The summed E-state index contributed by atoms with van der Waals surface area (Å²) in [7, 11) is 0. The molecule has 74 valence electrons. The van der Waals surface area contributed by atoms with Gasteiger partial charge in [-0.2, -0.15) is 5.10 Å². The summed E-state index contributed by atoms with van der Waals surface area (Å²) in [5.74, 6) is 0. The molecule has 0 amide bonds. The molecule has 0 bridgehead atoms. The van der Waals surface area contributed by atoms with Gasteiger partial charge >= 0.3 is 0 Å². The van der Waals surface area contributed by atoms with Crippen LogP contribution in [0.1, 0.15) is 37.0 Å². The van der Waals surface area contributed by atoms with E-state index in [1.165, 1.54) is 11.3 Å². The first-order chi connectivity index (χ1) is 6.54. The number of carbonyl (C=O) groups excluding carboxylic acids is 1. The van der Waals surface area contributed by atoms with Gasteiger partial charge in [0.15, 0.2) is 6.29 Å². The Hall–Kier alpha value is -1.23. The second kappa shape index (κ2) is 2.88. The van der Waals surface area contributed by atoms with Crippen molar-refractivity contribution < 1.29 is 4.79 Å². The molecule has 0 fully saturated rings. The maximum atomic E-state index is 11.0. The summed E-state index contributed by atoms with van der Waals surface area (Å²) in [6, 6.07) is 0. The predicted octanol–water partition coefficient (Wildman–Crippen LogP) is 1.90. The Morgan fingerprint density at radius 1 is 1.50 bits per heavy atom. The lowest BCUT2D eigenvalue weighted by Crippen LogP contribution is -2.14. The van der Waals surface area contributed by atoms with E-state index in [9.17, 15) is 4.79 Å². The van der Waals surface area contributed by atoms with E-state index >= 15 is 0 Å². The molecule has 0 spiro atoms. The number of fused-ring (bicyclic) bond motifs is 1. The number of imidazole rings is 1. The average Bonchev–Trinajstić information content (AvgIpc) is 2.58. The molecule has 0 N–H and O–H groups in total. The van der Waals surface area contributed by atoms with Crippen molar-refractivity contribution in [2.45, 2.75) is 26.2 Å². The minimum atomic E-state index is -0.121. The monoisotopic (exact) mass is 209 g/mol. The highest BCUT2D eigenvalue weighted by molar-refractivity contribution is 7.14. The van der Waals surface area contributed by atoms with E-state index in [0.717, 1.165) is 16.9 Å². The SMILES string of the molecule is CC(C)(C)c1nc2scnn2c1C=O. The molecule has 0 aliphatic carbocycles. The van der Waals surface area contributed by atoms with Crippen molar-refractivity contribution in [3.05, 3.63) is 16.9 Å². The molecule has 5 heteroatoms. The van der Waals surface area contributed by atoms with Crippen LogP contribution in [0, 0.1) is 0 Å². The second-order valence-electron chi connectivity index (χ2n) is 4.15. The summed E-state index contributed by atoms with van der Waals surface area (Å²) in [5, 5.41) is 4.07. The highest BCUT2D eigenvalue weighted by Crippen LogP contribution is 2.25. The Morgan fingerprint density at radius 2 is 2.21 bits per heavy atom. The highest BCUT2D eigenvalue weighted by atomic mass is 32.1. The van der Waals surface area contributed by atoms with E-state index in [2.05, 4.69) is 10.1 Å². The maximum Gasteiger partial charge on any atom is 0.212 e. The lowest BCUT2D eigenvalue weighted by Gasteiger charge is -2.15. The van der Waals surface area contributed by atoms with Crippen molar-refractivity contribution in [1.82, 2.24) is 14.6 Å². The van der Waals surface area contributed by atoms with Crippen LogP contribution in [0.2, 0.25) is 0 Å². The Balaban J connectivity index is 2.76. The van der Waals surface area contributed by atoms with Gasteiger partial charge in [-0.3, -0.25) is 4.79 Å². The number of nitrogens with zero attached hydrogens (tertiary/aromatic N) is 3. The average molecular weight is 209 g/mol. The van der Waals surface area contributed by atoms with Gasteiger partial charge in [-0.1, -0.05) is 32.1 Å². The highest BCUT2D eigenvalue weighted by Gasteiger charge is 2.24. The topological polar surface area (TPSA) is 47.3 Å². The van der Waals surface area contributed by atoms with Gasteiger partial charge in [0.25, 0.3) is 0 Å². The number of aromatic nitrogens is 3. The minimum absolute atomic E-state index is 0.121. The summed E-state index contributed by atoms with van der Waals surface area (Å²) in [4.78, 5) is 16.1. The van der Waals surface area contributed by atoms with Crippen molar-refractivity contribution in [3.63, 3.8) is 0 Å². The van der Waals surface area contributed by atoms with E-state index in [1.807, 2.05) is 20.8 Å². The fourth-order valence-electron chi connectivity index (χ4n) is 1.37. The zero-order chi connectivity index (χ0) is 10.3. The first-order valence-electron chi connectivity index (χ1n) is 4.32. The van der Waals surface area contributed by atoms with Crippen molar-refractivity contribution >= 4 is 22.6 Å². The van der Waals surface area contributed by atoms with Gasteiger partial charge in [0.1, 0.15) is 11.2 Å². The van der Waals surface area contributed by atoms with Gasteiger partial charge in [-0.25, -0.2) is 9.50 Å². The van der Waals surface area contributed by atoms with Crippen molar-refractivity contribution in [2.24, 2.45) is 0 Å². The van der Waals surface area contributed by atoms with E-state index in [1.54, 1.807) is 10.0 Å². The molecule has 4 nitrogen and oxygen atoms in total. The Kier molecular flexibility index (Phi) is 1.92. The third-order valence-electron chi connectivity index (χ3n) is 2.00. The van der Waals surface area contributed by atoms with Gasteiger partial charge in [-0.05, 0) is 0 Å². The maximum absolute atomic E-state index is 11.0. The molecule has 0 saturated carbocycles. The van der Waals surface area contributed by atoms with Gasteiger partial charge < -0.3 is 0 Å². The smallest absolute Gasteiger partial charge is 0.212 e. The first-order valence-corrected chi connectivity index (χ1v) is 5.20. The molecule has 2 heterocycles. The molecule has 0 aliphatic heterocycles. The van der Waals surface area contributed by atoms with Gasteiger partial charge in [0, 0.05) is 5.41 Å². The third kappa shape index (κ3) is 1.24. The summed E-state index contributed by atoms with van der Waals surface area (Å²) in [6.07, 6.45) is 0.820. The lowest BCUT2D eigenvalue weighted by molar-refractivity contribution is 0.111.